The van der Waals surface area contributed by atoms with Gasteiger partial charge in [-0.2, -0.15) is 4.31 Å². The third-order valence-corrected chi connectivity index (χ3v) is 8.13. The predicted molar refractivity (Wildman–Crippen MR) is 114 cm³/mol. The molecule has 0 aliphatic carbocycles. The molecule has 1 fully saturated rings. The molecule has 2 aliphatic heterocycles. The number of piperidine rings is 1. The maximum Gasteiger partial charge on any atom is 0.244 e. The van der Waals surface area contributed by atoms with E-state index in [2.05, 4.69) is 16.4 Å². The van der Waals surface area contributed by atoms with E-state index in [1.54, 1.807) is 0 Å². The van der Waals surface area contributed by atoms with Crippen LogP contribution in [0, 0.1) is 0 Å². The zero-order valence-electron chi connectivity index (χ0n) is 16.4. The maximum atomic E-state index is 12.9. The van der Waals surface area contributed by atoms with E-state index < -0.39 is 16.1 Å². The number of rotatable bonds is 6. The van der Waals surface area contributed by atoms with Crippen LogP contribution in [0.4, 0.5) is 5.13 Å². The summed E-state index contributed by atoms with van der Waals surface area (Å²) in [7, 11) is -3.42. The van der Waals surface area contributed by atoms with Crippen LogP contribution in [0.1, 0.15) is 38.2 Å². The van der Waals surface area contributed by atoms with Crippen molar-refractivity contribution in [1.29, 1.82) is 0 Å². The van der Waals surface area contributed by atoms with E-state index in [4.69, 9.17) is 4.74 Å². The molecule has 1 unspecified atom stereocenters. The van der Waals surface area contributed by atoms with Crippen LogP contribution >= 0.6 is 11.3 Å². The SMILES string of the molecule is CCCS(=O)(=O)N1CCCCC1C(=O)Nc1nc(-c2ccc3c(c2)CCO3)cs1. The number of nitrogens with one attached hydrogen (secondary N) is 1. The first-order valence-corrected chi connectivity index (χ1v) is 12.5. The van der Waals surface area contributed by atoms with Crippen molar-refractivity contribution in [1.82, 2.24) is 9.29 Å². The van der Waals surface area contributed by atoms with Gasteiger partial charge in [0.25, 0.3) is 0 Å². The van der Waals surface area contributed by atoms with Gasteiger partial charge < -0.3 is 10.1 Å². The van der Waals surface area contributed by atoms with Crippen LogP contribution in [-0.2, 0) is 21.2 Å². The van der Waals surface area contributed by atoms with Gasteiger partial charge in [0.2, 0.25) is 15.9 Å². The quantitative estimate of drug-likeness (QED) is 0.752. The number of fused-ring (bicyclic) bond motifs is 1. The van der Waals surface area contributed by atoms with Crippen LogP contribution in [0.15, 0.2) is 23.6 Å². The van der Waals surface area contributed by atoms with Gasteiger partial charge in [-0.25, -0.2) is 13.4 Å². The minimum Gasteiger partial charge on any atom is -0.493 e. The molecule has 3 heterocycles. The Hall–Kier alpha value is -1.97. The average Bonchev–Trinajstić information content (AvgIpc) is 3.36. The second-order valence-corrected chi connectivity index (χ2v) is 10.3. The van der Waals surface area contributed by atoms with E-state index in [-0.39, 0.29) is 11.7 Å². The minimum absolute atomic E-state index is 0.0697. The fourth-order valence-electron chi connectivity index (χ4n) is 3.87. The highest BCUT2D eigenvalue weighted by atomic mass is 32.2. The Kier molecular flexibility index (Phi) is 5.89. The molecule has 1 amide bonds. The lowest BCUT2D eigenvalue weighted by molar-refractivity contribution is -0.120. The molecular weight excluding hydrogens is 410 g/mol. The molecular formula is C20H25N3O4S2. The second-order valence-electron chi connectivity index (χ2n) is 7.39. The van der Waals surface area contributed by atoms with Crippen molar-refractivity contribution in [3.05, 3.63) is 29.1 Å². The monoisotopic (exact) mass is 435 g/mol. The molecule has 29 heavy (non-hydrogen) atoms. The van der Waals surface area contributed by atoms with Crippen LogP contribution < -0.4 is 10.1 Å². The number of ether oxygens (including phenoxy) is 1. The van der Waals surface area contributed by atoms with Gasteiger partial charge in [0.15, 0.2) is 5.13 Å². The normalized spacial score (nSPS) is 19.6. The van der Waals surface area contributed by atoms with E-state index in [0.717, 1.165) is 36.3 Å². The van der Waals surface area contributed by atoms with Crippen molar-refractivity contribution in [2.75, 3.05) is 24.2 Å². The number of benzene rings is 1. The number of anilines is 1. The zero-order valence-corrected chi connectivity index (χ0v) is 18.0. The summed E-state index contributed by atoms with van der Waals surface area (Å²) in [6, 6.07) is 5.33. The molecule has 1 atom stereocenters. The maximum absolute atomic E-state index is 12.9. The van der Waals surface area contributed by atoms with Crippen molar-refractivity contribution in [3.8, 4) is 17.0 Å². The smallest absolute Gasteiger partial charge is 0.244 e. The molecule has 0 spiro atoms. The number of amides is 1. The second kappa shape index (κ2) is 8.41. The summed E-state index contributed by atoms with van der Waals surface area (Å²) < 4.78 is 32.0. The molecule has 1 aromatic carbocycles. The Morgan fingerprint density at radius 3 is 3.07 bits per heavy atom. The Morgan fingerprint density at radius 1 is 1.38 bits per heavy atom. The number of hydrogen-bond acceptors (Lipinski definition) is 6. The molecule has 0 bridgehead atoms. The summed E-state index contributed by atoms with van der Waals surface area (Å²) in [5.74, 6) is 0.691. The number of carbonyl (C=O) groups is 1. The van der Waals surface area contributed by atoms with E-state index in [1.807, 2.05) is 24.4 Å². The molecule has 2 aliphatic rings. The standard InChI is InChI=1S/C20H25N3O4S2/c1-2-11-29(25,26)23-9-4-3-5-17(23)19(24)22-20-21-16(13-28-20)14-6-7-18-15(12-14)8-10-27-18/h6-7,12-13,17H,2-5,8-11H2,1H3,(H,21,22,24). The highest BCUT2D eigenvalue weighted by Crippen LogP contribution is 2.32. The lowest BCUT2D eigenvalue weighted by atomic mass is 10.0. The number of thiazole rings is 1. The minimum atomic E-state index is -3.42. The van der Waals surface area contributed by atoms with Gasteiger partial charge in [0.1, 0.15) is 11.8 Å². The molecule has 2 aromatic rings. The van der Waals surface area contributed by atoms with Gasteiger partial charge in [-0.15, -0.1) is 11.3 Å². The van der Waals surface area contributed by atoms with E-state index >= 15 is 0 Å². The van der Waals surface area contributed by atoms with E-state index in [9.17, 15) is 13.2 Å². The van der Waals surface area contributed by atoms with Gasteiger partial charge in [0, 0.05) is 23.9 Å². The third-order valence-electron chi connectivity index (χ3n) is 5.30. The lowest BCUT2D eigenvalue weighted by Gasteiger charge is -2.33. The fourth-order valence-corrected chi connectivity index (χ4v) is 6.34. The molecule has 156 valence electrons. The van der Waals surface area contributed by atoms with Crippen LogP contribution in [0.2, 0.25) is 0 Å². The summed E-state index contributed by atoms with van der Waals surface area (Å²) in [5.41, 5.74) is 2.94. The zero-order chi connectivity index (χ0) is 20.4. The van der Waals surface area contributed by atoms with Crippen LogP contribution in [0.3, 0.4) is 0 Å². The lowest BCUT2D eigenvalue weighted by Crippen LogP contribution is -2.50. The first kappa shape index (κ1) is 20.3. The molecule has 1 saturated heterocycles. The molecule has 4 rings (SSSR count). The van der Waals surface area contributed by atoms with Crippen molar-refractivity contribution >= 4 is 32.4 Å². The molecule has 7 nitrogen and oxygen atoms in total. The van der Waals surface area contributed by atoms with Gasteiger partial charge in [-0.05, 0) is 43.0 Å². The first-order valence-electron chi connectivity index (χ1n) is 10.00. The van der Waals surface area contributed by atoms with Crippen LogP contribution in [-0.4, -0.2) is 48.6 Å². The summed E-state index contributed by atoms with van der Waals surface area (Å²) >= 11 is 1.35. The van der Waals surface area contributed by atoms with Crippen molar-refractivity contribution < 1.29 is 17.9 Å². The third kappa shape index (κ3) is 4.31. The predicted octanol–water partition coefficient (Wildman–Crippen LogP) is 3.28. The topological polar surface area (TPSA) is 88.6 Å². The van der Waals surface area contributed by atoms with Gasteiger partial charge >= 0.3 is 0 Å². The molecule has 1 N–H and O–H groups in total. The fraction of sp³-hybridized carbons (Fsp3) is 0.500. The van der Waals surface area contributed by atoms with E-state index in [1.165, 1.54) is 21.2 Å². The summed E-state index contributed by atoms with van der Waals surface area (Å²) in [6.45, 7) is 2.94. The number of hydrogen-bond donors (Lipinski definition) is 1. The Morgan fingerprint density at radius 2 is 2.24 bits per heavy atom. The van der Waals surface area contributed by atoms with Crippen LogP contribution in [0.25, 0.3) is 11.3 Å². The molecule has 9 heteroatoms. The average molecular weight is 436 g/mol. The van der Waals surface area contributed by atoms with Gasteiger partial charge in [-0.3, -0.25) is 4.79 Å². The van der Waals surface area contributed by atoms with Crippen molar-refractivity contribution in [2.45, 2.75) is 45.1 Å². The molecule has 0 saturated carbocycles. The van der Waals surface area contributed by atoms with Crippen LogP contribution in [0.5, 0.6) is 5.75 Å². The largest absolute Gasteiger partial charge is 0.493 e. The number of sulfonamides is 1. The van der Waals surface area contributed by atoms with Crippen molar-refractivity contribution in [3.63, 3.8) is 0 Å². The first-order chi connectivity index (χ1) is 14.0. The summed E-state index contributed by atoms with van der Waals surface area (Å²) in [5, 5.41) is 5.22. The molecule has 0 radical (unpaired) electrons. The van der Waals surface area contributed by atoms with Gasteiger partial charge in [-0.1, -0.05) is 13.3 Å². The molecule has 1 aromatic heterocycles. The highest BCUT2D eigenvalue weighted by Gasteiger charge is 2.36. The Balaban J connectivity index is 1.48. The number of carbonyl (C=O) groups excluding carboxylic acids is 1. The highest BCUT2D eigenvalue weighted by molar-refractivity contribution is 7.89. The van der Waals surface area contributed by atoms with Gasteiger partial charge in [0.05, 0.1) is 18.1 Å². The van der Waals surface area contributed by atoms with Crippen molar-refractivity contribution in [2.24, 2.45) is 0 Å². The number of nitrogens with zero attached hydrogens (tertiary/aromatic N) is 2. The van der Waals surface area contributed by atoms with E-state index in [0.29, 0.717) is 31.1 Å². The number of aromatic nitrogens is 1. The summed E-state index contributed by atoms with van der Waals surface area (Å²) in [6.07, 6.45) is 3.60. The Labute approximate surface area is 175 Å². The Bertz CT molecular complexity index is 1000. The summed E-state index contributed by atoms with van der Waals surface area (Å²) in [4.78, 5) is 17.4.